The maximum Gasteiger partial charge on any atom is 0.494 e. The van der Waals surface area contributed by atoms with Crippen LogP contribution in [0.25, 0.3) is 11.0 Å². The zero-order valence-electron chi connectivity index (χ0n) is 21.8. The van der Waals surface area contributed by atoms with E-state index >= 15 is 0 Å². The summed E-state index contributed by atoms with van der Waals surface area (Å²) in [7, 11) is -0.429. The quantitative estimate of drug-likeness (QED) is 0.220. The topological polar surface area (TPSA) is 36.3 Å². The lowest BCUT2D eigenvalue weighted by molar-refractivity contribution is 0.00578. The molecule has 0 spiro atoms. The molecular weight excluding hydrogens is 455 g/mol. The average molecular weight is 486 g/mol. The molecule has 0 N–H and O–H groups in total. The van der Waals surface area contributed by atoms with E-state index in [9.17, 15) is 0 Å². The first-order valence-corrected chi connectivity index (χ1v) is 12.8. The van der Waals surface area contributed by atoms with Gasteiger partial charge >= 0.3 is 7.12 Å². The Hall–Kier alpha value is -3.67. The van der Waals surface area contributed by atoms with Crippen molar-refractivity contribution in [2.45, 2.75) is 44.4 Å². The summed E-state index contributed by atoms with van der Waals surface area (Å²) < 4.78 is 15.0. The summed E-state index contributed by atoms with van der Waals surface area (Å²) in [6, 6.07) is 38.3. The van der Waals surface area contributed by atoms with Crippen molar-refractivity contribution in [3.05, 3.63) is 132 Å². The van der Waals surface area contributed by atoms with Gasteiger partial charge in [0.25, 0.3) is 0 Å². The van der Waals surface area contributed by atoms with Gasteiger partial charge in [0, 0.05) is 0 Å². The van der Waals surface area contributed by atoms with Crippen LogP contribution in [0, 0.1) is 0 Å². The van der Waals surface area contributed by atoms with Gasteiger partial charge in [0.1, 0.15) is 5.54 Å². The molecule has 0 radical (unpaired) electrons. The molecule has 4 aromatic carbocycles. The van der Waals surface area contributed by atoms with E-state index in [1.54, 1.807) is 0 Å². The van der Waals surface area contributed by atoms with Crippen molar-refractivity contribution in [3.63, 3.8) is 0 Å². The number of nitrogens with zero attached hydrogens (tertiary/aromatic N) is 2. The standard InChI is InChI=1S/C32H31BN2O2/c1-30(2)31(3,4)37-33(36-30)27-20-21-29-28(22-27)34-23-35(29)32(24-14-8-5-9-15-24,25-16-10-6-11-17-25)26-18-12-7-13-19-26/h5-23H,1-4H3. The maximum absolute atomic E-state index is 6.32. The summed E-state index contributed by atoms with van der Waals surface area (Å²) >= 11 is 0. The average Bonchev–Trinajstić information content (AvgIpc) is 3.43. The molecule has 184 valence electrons. The summed E-state index contributed by atoms with van der Waals surface area (Å²) in [6.07, 6.45) is 1.96. The lowest BCUT2D eigenvalue weighted by Gasteiger charge is -2.38. The predicted molar refractivity (Wildman–Crippen MR) is 150 cm³/mol. The lowest BCUT2D eigenvalue weighted by atomic mass is 9.76. The third-order valence-electron chi connectivity index (χ3n) is 8.03. The molecule has 2 heterocycles. The van der Waals surface area contributed by atoms with E-state index in [-0.39, 0.29) is 0 Å². The Morgan fingerprint density at radius 1 is 0.649 bits per heavy atom. The van der Waals surface area contributed by atoms with Crippen LogP contribution in [0.5, 0.6) is 0 Å². The molecule has 0 aliphatic carbocycles. The van der Waals surface area contributed by atoms with Gasteiger partial charge in [-0.05, 0) is 62.0 Å². The molecule has 5 heteroatoms. The first-order chi connectivity index (χ1) is 17.8. The van der Waals surface area contributed by atoms with Crippen LogP contribution in [0.15, 0.2) is 116 Å². The van der Waals surface area contributed by atoms with Gasteiger partial charge in [0.2, 0.25) is 0 Å². The van der Waals surface area contributed by atoms with Gasteiger partial charge in [0.15, 0.2) is 0 Å². The third-order valence-corrected chi connectivity index (χ3v) is 8.03. The first kappa shape index (κ1) is 23.7. The predicted octanol–water partition coefficient (Wildman–Crippen LogP) is 6.18. The van der Waals surface area contributed by atoms with E-state index < -0.39 is 23.9 Å². The smallest absolute Gasteiger partial charge is 0.399 e. The minimum Gasteiger partial charge on any atom is -0.399 e. The largest absolute Gasteiger partial charge is 0.494 e. The number of aromatic nitrogens is 2. The van der Waals surface area contributed by atoms with Gasteiger partial charge in [-0.25, -0.2) is 4.98 Å². The zero-order valence-corrected chi connectivity index (χ0v) is 21.8. The van der Waals surface area contributed by atoms with Crippen LogP contribution in [0.2, 0.25) is 0 Å². The molecule has 37 heavy (non-hydrogen) atoms. The molecular formula is C32H31BN2O2. The third kappa shape index (κ3) is 3.73. The fraction of sp³-hybridized carbons (Fsp3) is 0.219. The summed E-state index contributed by atoms with van der Waals surface area (Å²) in [6.45, 7) is 8.31. The molecule has 1 saturated heterocycles. The van der Waals surface area contributed by atoms with Crippen molar-refractivity contribution in [2.24, 2.45) is 0 Å². The molecule has 1 aliphatic rings. The summed E-state index contributed by atoms with van der Waals surface area (Å²) in [4.78, 5) is 4.92. The number of fused-ring (bicyclic) bond motifs is 1. The van der Waals surface area contributed by atoms with Crippen LogP contribution in [-0.2, 0) is 14.8 Å². The molecule has 6 rings (SSSR count). The molecule has 1 fully saturated rings. The van der Waals surface area contributed by atoms with Gasteiger partial charge in [-0.2, -0.15) is 0 Å². The SMILES string of the molecule is CC1(C)OB(c2ccc3c(c2)ncn3C(c2ccccc2)(c2ccccc2)c2ccccc2)OC1(C)C. The summed E-state index contributed by atoms with van der Waals surface area (Å²) in [5, 5.41) is 0. The van der Waals surface area contributed by atoms with E-state index in [1.165, 1.54) is 16.7 Å². The van der Waals surface area contributed by atoms with Crippen LogP contribution >= 0.6 is 0 Å². The Kier molecular flexibility index (Phi) is 5.59. The van der Waals surface area contributed by atoms with E-state index in [0.717, 1.165) is 16.5 Å². The van der Waals surface area contributed by atoms with E-state index in [1.807, 2.05) is 6.33 Å². The number of imidazole rings is 1. The van der Waals surface area contributed by atoms with Gasteiger partial charge in [0.05, 0.1) is 28.6 Å². The Labute approximate surface area is 219 Å². The minimum atomic E-state index is -0.607. The highest BCUT2D eigenvalue weighted by Crippen LogP contribution is 2.42. The van der Waals surface area contributed by atoms with E-state index in [2.05, 4.69) is 141 Å². The van der Waals surface area contributed by atoms with Crippen molar-refractivity contribution in [3.8, 4) is 0 Å². The second-order valence-corrected chi connectivity index (χ2v) is 10.8. The number of benzene rings is 4. The van der Waals surface area contributed by atoms with Crippen molar-refractivity contribution >= 4 is 23.6 Å². The van der Waals surface area contributed by atoms with Crippen LogP contribution < -0.4 is 5.46 Å². The monoisotopic (exact) mass is 486 g/mol. The van der Waals surface area contributed by atoms with Gasteiger partial charge < -0.3 is 13.9 Å². The summed E-state index contributed by atoms with van der Waals surface area (Å²) in [5.74, 6) is 0. The number of hydrogen-bond donors (Lipinski definition) is 0. The van der Waals surface area contributed by atoms with E-state index in [0.29, 0.717) is 0 Å². The maximum atomic E-state index is 6.32. The fourth-order valence-electron chi connectivity index (χ4n) is 5.38. The highest BCUT2D eigenvalue weighted by molar-refractivity contribution is 6.62. The molecule has 0 saturated carbocycles. The summed E-state index contributed by atoms with van der Waals surface area (Å²) in [5.41, 5.74) is 5.02. The number of rotatable bonds is 5. The molecule has 0 atom stereocenters. The minimum absolute atomic E-state index is 0.394. The Bertz CT molecular complexity index is 1420. The highest BCUT2D eigenvalue weighted by Gasteiger charge is 2.51. The molecule has 0 unspecified atom stereocenters. The van der Waals surface area contributed by atoms with Crippen LogP contribution in [0.1, 0.15) is 44.4 Å². The van der Waals surface area contributed by atoms with Gasteiger partial charge in [-0.3, -0.25) is 0 Å². The van der Waals surface area contributed by atoms with Crippen molar-refractivity contribution in [1.82, 2.24) is 9.55 Å². The van der Waals surface area contributed by atoms with Gasteiger partial charge in [-0.15, -0.1) is 0 Å². The van der Waals surface area contributed by atoms with E-state index in [4.69, 9.17) is 14.3 Å². The van der Waals surface area contributed by atoms with Crippen molar-refractivity contribution < 1.29 is 9.31 Å². The van der Waals surface area contributed by atoms with Crippen LogP contribution in [0.3, 0.4) is 0 Å². The van der Waals surface area contributed by atoms with Crippen molar-refractivity contribution in [2.75, 3.05) is 0 Å². The van der Waals surface area contributed by atoms with Gasteiger partial charge in [-0.1, -0.05) is 97.1 Å². The normalized spacial score (nSPS) is 16.8. The molecule has 0 bridgehead atoms. The molecule has 1 aliphatic heterocycles. The molecule has 0 amide bonds. The van der Waals surface area contributed by atoms with Crippen molar-refractivity contribution in [1.29, 1.82) is 0 Å². The second kappa shape index (κ2) is 8.72. The Balaban J connectivity index is 1.58. The Morgan fingerprint density at radius 2 is 1.11 bits per heavy atom. The highest BCUT2D eigenvalue weighted by atomic mass is 16.7. The fourth-order valence-corrected chi connectivity index (χ4v) is 5.38. The second-order valence-electron chi connectivity index (χ2n) is 10.8. The van der Waals surface area contributed by atoms with Crippen LogP contribution in [-0.4, -0.2) is 27.9 Å². The molecule has 5 aromatic rings. The first-order valence-electron chi connectivity index (χ1n) is 12.8. The Morgan fingerprint density at radius 3 is 1.57 bits per heavy atom. The lowest BCUT2D eigenvalue weighted by Crippen LogP contribution is -2.41. The molecule has 1 aromatic heterocycles. The number of hydrogen-bond acceptors (Lipinski definition) is 3. The molecule has 4 nitrogen and oxygen atoms in total. The van der Waals surface area contributed by atoms with Crippen LogP contribution in [0.4, 0.5) is 0 Å². The zero-order chi connectivity index (χ0) is 25.7.